The van der Waals surface area contributed by atoms with Crippen molar-refractivity contribution in [1.82, 2.24) is 9.80 Å². The Labute approximate surface area is 131 Å². The second kappa shape index (κ2) is 7.94. The SMILES string of the molecule is COCC(=O)N1CCN(C(=O)CCc2ccc(C)cc2)CC1. The highest BCUT2D eigenvalue weighted by Gasteiger charge is 2.23. The lowest BCUT2D eigenvalue weighted by Gasteiger charge is -2.34. The van der Waals surface area contributed by atoms with Crippen molar-refractivity contribution in [1.29, 1.82) is 0 Å². The van der Waals surface area contributed by atoms with Gasteiger partial charge < -0.3 is 14.5 Å². The topological polar surface area (TPSA) is 49.9 Å². The standard InChI is InChI=1S/C17H24N2O3/c1-14-3-5-15(6-4-14)7-8-16(20)18-9-11-19(12-10-18)17(21)13-22-2/h3-6H,7-13H2,1-2H3. The van der Waals surface area contributed by atoms with Crippen LogP contribution in [-0.2, 0) is 20.7 Å². The summed E-state index contributed by atoms with van der Waals surface area (Å²) in [5.41, 5.74) is 2.42. The van der Waals surface area contributed by atoms with E-state index in [4.69, 9.17) is 4.74 Å². The third kappa shape index (κ3) is 4.56. The van der Waals surface area contributed by atoms with E-state index in [1.807, 2.05) is 4.90 Å². The van der Waals surface area contributed by atoms with Gasteiger partial charge >= 0.3 is 0 Å². The Morgan fingerprint density at radius 3 is 2.09 bits per heavy atom. The van der Waals surface area contributed by atoms with Crippen molar-refractivity contribution in [3.05, 3.63) is 35.4 Å². The number of hydrogen-bond acceptors (Lipinski definition) is 3. The summed E-state index contributed by atoms with van der Waals surface area (Å²) in [6.07, 6.45) is 1.29. The second-order valence-electron chi connectivity index (χ2n) is 5.68. The lowest BCUT2D eigenvalue weighted by atomic mass is 10.1. The molecule has 1 aliphatic heterocycles. The van der Waals surface area contributed by atoms with Crippen molar-refractivity contribution in [2.24, 2.45) is 0 Å². The maximum atomic E-state index is 12.2. The molecule has 2 amide bonds. The number of ether oxygens (including phenoxy) is 1. The van der Waals surface area contributed by atoms with Gasteiger partial charge in [-0.25, -0.2) is 0 Å². The van der Waals surface area contributed by atoms with E-state index in [1.165, 1.54) is 18.2 Å². The molecule has 22 heavy (non-hydrogen) atoms. The van der Waals surface area contributed by atoms with Gasteiger partial charge in [-0.05, 0) is 18.9 Å². The maximum absolute atomic E-state index is 12.2. The normalized spacial score (nSPS) is 15.0. The van der Waals surface area contributed by atoms with Crippen molar-refractivity contribution in [3.63, 3.8) is 0 Å². The molecule has 0 bridgehead atoms. The van der Waals surface area contributed by atoms with Crippen LogP contribution in [0.5, 0.6) is 0 Å². The highest BCUT2D eigenvalue weighted by Crippen LogP contribution is 2.09. The molecule has 0 unspecified atom stereocenters. The zero-order valence-corrected chi connectivity index (χ0v) is 13.4. The minimum atomic E-state index is -0.00532. The minimum absolute atomic E-state index is 0.00532. The van der Waals surface area contributed by atoms with Crippen LogP contribution in [0.3, 0.4) is 0 Å². The van der Waals surface area contributed by atoms with E-state index in [-0.39, 0.29) is 18.4 Å². The smallest absolute Gasteiger partial charge is 0.248 e. The molecule has 120 valence electrons. The number of amides is 2. The zero-order chi connectivity index (χ0) is 15.9. The molecule has 2 rings (SSSR count). The van der Waals surface area contributed by atoms with Crippen LogP contribution in [0.2, 0.25) is 0 Å². The summed E-state index contributed by atoms with van der Waals surface area (Å²) < 4.78 is 4.86. The molecule has 1 aromatic carbocycles. The second-order valence-corrected chi connectivity index (χ2v) is 5.68. The van der Waals surface area contributed by atoms with Crippen LogP contribution in [0.15, 0.2) is 24.3 Å². The molecule has 1 aliphatic rings. The van der Waals surface area contributed by atoms with Crippen molar-refractivity contribution < 1.29 is 14.3 Å². The average molecular weight is 304 g/mol. The Balaban J connectivity index is 1.75. The molecule has 0 saturated carbocycles. The van der Waals surface area contributed by atoms with Gasteiger partial charge in [-0.1, -0.05) is 29.8 Å². The first-order chi connectivity index (χ1) is 10.6. The van der Waals surface area contributed by atoms with Crippen LogP contribution in [0.1, 0.15) is 17.5 Å². The number of rotatable bonds is 5. The molecule has 1 heterocycles. The van der Waals surface area contributed by atoms with Crippen molar-refractivity contribution in [3.8, 4) is 0 Å². The third-order valence-corrected chi connectivity index (χ3v) is 4.00. The molecule has 1 saturated heterocycles. The number of aryl methyl sites for hydroxylation is 2. The molecule has 0 radical (unpaired) electrons. The van der Waals surface area contributed by atoms with Crippen LogP contribution < -0.4 is 0 Å². The summed E-state index contributed by atoms with van der Waals surface area (Å²) in [7, 11) is 1.52. The Morgan fingerprint density at radius 1 is 1.00 bits per heavy atom. The summed E-state index contributed by atoms with van der Waals surface area (Å²) >= 11 is 0. The molecule has 0 aromatic heterocycles. The highest BCUT2D eigenvalue weighted by molar-refractivity contribution is 5.79. The fourth-order valence-electron chi connectivity index (χ4n) is 2.58. The summed E-state index contributed by atoms with van der Waals surface area (Å²) in [4.78, 5) is 27.6. The van der Waals surface area contributed by atoms with Crippen LogP contribution in [-0.4, -0.2) is 61.5 Å². The molecule has 1 aromatic rings. The summed E-state index contributed by atoms with van der Waals surface area (Å²) in [6, 6.07) is 8.29. The molecule has 5 heteroatoms. The van der Waals surface area contributed by atoms with Crippen molar-refractivity contribution >= 4 is 11.8 Å². The first-order valence-corrected chi connectivity index (χ1v) is 7.70. The Bertz CT molecular complexity index is 505. The first-order valence-electron chi connectivity index (χ1n) is 7.70. The summed E-state index contributed by atoms with van der Waals surface area (Å²) in [6.45, 7) is 4.59. The number of carbonyl (C=O) groups is 2. The maximum Gasteiger partial charge on any atom is 0.248 e. The summed E-state index contributed by atoms with van der Waals surface area (Å²) in [5.74, 6) is 0.161. The average Bonchev–Trinajstić information content (AvgIpc) is 2.54. The van der Waals surface area contributed by atoms with E-state index in [0.717, 1.165) is 6.42 Å². The molecular formula is C17H24N2O3. The van der Waals surface area contributed by atoms with Crippen molar-refractivity contribution in [2.75, 3.05) is 39.9 Å². The fraction of sp³-hybridized carbons (Fsp3) is 0.529. The number of methoxy groups -OCH3 is 1. The van der Waals surface area contributed by atoms with Gasteiger partial charge in [-0.15, -0.1) is 0 Å². The Hall–Kier alpha value is -1.88. The number of carbonyl (C=O) groups excluding carboxylic acids is 2. The van der Waals surface area contributed by atoms with E-state index < -0.39 is 0 Å². The van der Waals surface area contributed by atoms with E-state index in [9.17, 15) is 9.59 Å². The lowest BCUT2D eigenvalue weighted by molar-refractivity contribution is -0.141. The lowest BCUT2D eigenvalue weighted by Crippen LogP contribution is -2.51. The van der Waals surface area contributed by atoms with Crippen LogP contribution in [0.25, 0.3) is 0 Å². The molecule has 0 N–H and O–H groups in total. The molecular weight excluding hydrogens is 280 g/mol. The van der Waals surface area contributed by atoms with Gasteiger partial charge in [0.05, 0.1) is 0 Å². The van der Waals surface area contributed by atoms with Gasteiger partial charge in [0.2, 0.25) is 11.8 Å². The van der Waals surface area contributed by atoms with Gasteiger partial charge in [0.1, 0.15) is 6.61 Å². The molecule has 5 nitrogen and oxygen atoms in total. The van der Waals surface area contributed by atoms with Gasteiger partial charge in [0.25, 0.3) is 0 Å². The largest absolute Gasteiger partial charge is 0.375 e. The molecule has 0 atom stereocenters. The van der Waals surface area contributed by atoms with Gasteiger partial charge in [0.15, 0.2) is 0 Å². The summed E-state index contributed by atoms with van der Waals surface area (Å²) in [5, 5.41) is 0. The number of nitrogens with zero attached hydrogens (tertiary/aromatic N) is 2. The molecule has 0 spiro atoms. The van der Waals surface area contributed by atoms with Crippen LogP contribution >= 0.6 is 0 Å². The predicted molar refractivity (Wildman–Crippen MR) is 84.5 cm³/mol. The van der Waals surface area contributed by atoms with E-state index >= 15 is 0 Å². The number of hydrogen-bond donors (Lipinski definition) is 0. The molecule has 0 aliphatic carbocycles. The van der Waals surface area contributed by atoms with E-state index in [0.29, 0.717) is 32.6 Å². The molecule has 1 fully saturated rings. The zero-order valence-electron chi connectivity index (χ0n) is 13.4. The van der Waals surface area contributed by atoms with Gasteiger partial charge in [-0.2, -0.15) is 0 Å². The fourth-order valence-corrected chi connectivity index (χ4v) is 2.58. The van der Waals surface area contributed by atoms with E-state index in [1.54, 1.807) is 4.90 Å². The van der Waals surface area contributed by atoms with Gasteiger partial charge in [-0.3, -0.25) is 9.59 Å². The Morgan fingerprint density at radius 2 is 1.55 bits per heavy atom. The van der Waals surface area contributed by atoms with Crippen LogP contribution in [0.4, 0.5) is 0 Å². The third-order valence-electron chi connectivity index (χ3n) is 4.00. The Kier molecular flexibility index (Phi) is 5.95. The monoisotopic (exact) mass is 304 g/mol. The first kappa shape index (κ1) is 16.5. The minimum Gasteiger partial charge on any atom is -0.375 e. The number of piperazine rings is 1. The van der Waals surface area contributed by atoms with E-state index in [2.05, 4.69) is 31.2 Å². The number of benzene rings is 1. The quantitative estimate of drug-likeness (QED) is 0.822. The highest BCUT2D eigenvalue weighted by atomic mass is 16.5. The van der Waals surface area contributed by atoms with Crippen LogP contribution in [0, 0.1) is 6.92 Å². The predicted octanol–water partition coefficient (Wildman–Crippen LogP) is 1.24. The van der Waals surface area contributed by atoms with Crippen molar-refractivity contribution in [2.45, 2.75) is 19.8 Å². The van der Waals surface area contributed by atoms with Gasteiger partial charge in [0, 0.05) is 39.7 Å².